The van der Waals surface area contributed by atoms with Crippen LogP contribution in [0.4, 0.5) is 0 Å². The molecule has 0 aliphatic carbocycles. The van der Waals surface area contributed by atoms with Gasteiger partial charge in [-0.2, -0.15) is 5.10 Å². The van der Waals surface area contributed by atoms with Gasteiger partial charge < -0.3 is 5.11 Å². The van der Waals surface area contributed by atoms with Crippen LogP contribution in [0.5, 0.6) is 5.75 Å². The second-order valence-corrected chi connectivity index (χ2v) is 4.22. The largest absolute Gasteiger partial charge is 0.507 e. The van der Waals surface area contributed by atoms with E-state index < -0.39 is 0 Å². The fraction of sp³-hybridized carbons (Fsp3) is 0.462. The molecule has 0 unspecified atom stereocenters. The zero-order chi connectivity index (χ0) is 11.4. The Morgan fingerprint density at radius 2 is 1.88 bits per heavy atom. The van der Waals surface area contributed by atoms with E-state index in [0.717, 1.165) is 24.4 Å². The van der Waals surface area contributed by atoms with Crippen molar-refractivity contribution in [1.29, 1.82) is 0 Å². The fourth-order valence-corrected chi connectivity index (χ4v) is 2.02. The first-order valence-corrected chi connectivity index (χ1v) is 5.86. The Morgan fingerprint density at radius 3 is 2.56 bits per heavy atom. The van der Waals surface area contributed by atoms with E-state index in [1.54, 1.807) is 6.07 Å². The third kappa shape index (κ3) is 2.54. The lowest BCUT2D eigenvalue weighted by atomic mass is 10.1. The van der Waals surface area contributed by atoms with Crippen LogP contribution in [0.25, 0.3) is 0 Å². The minimum Gasteiger partial charge on any atom is -0.507 e. The number of benzene rings is 1. The smallest absolute Gasteiger partial charge is 0.124 e. The molecule has 16 heavy (non-hydrogen) atoms. The Morgan fingerprint density at radius 1 is 1.19 bits per heavy atom. The van der Waals surface area contributed by atoms with E-state index >= 15 is 0 Å². The van der Waals surface area contributed by atoms with Crippen molar-refractivity contribution in [3.63, 3.8) is 0 Å². The van der Waals surface area contributed by atoms with E-state index in [-0.39, 0.29) is 0 Å². The van der Waals surface area contributed by atoms with Gasteiger partial charge in [0, 0.05) is 18.7 Å². The number of aromatic hydroxyl groups is 1. The van der Waals surface area contributed by atoms with Crippen LogP contribution in [-0.4, -0.2) is 28.9 Å². The van der Waals surface area contributed by atoms with Crippen LogP contribution >= 0.6 is 0 Å². The molecule has 0 saturated carbocycles. The molecule has 0 bridgehead atoms. The van der Waals surface area contributed by atoms with Crippen molar-refractivity contribution in [3.05, 3.63) is 29.8 Å². The van der Waals surface area contributed by atoms with E-state index in [1.807, 2.05) is 25.1 Å². The summed E-state index contributed by atoms with van der Waals surface area (Å²) in [6.07, 6.45) is 3.75. The zero-order valence-corrected chi connectivity index (χ0v) is 9.69. The highest BCUT2D eigenvalue weighted by atomic mass is 16.3. The van der Waals surface area contributed by atoms with Gasteiger partial charge in [-0.25, -0.2) is 0 Å². The predicted molar refractivity (Wildman–Crippen MR) is 65.7 cm³/mol. The summed E-state index contributed by atoms with van der Waals surface area (Å²) in [5, 5.41) is 16.4. The van der Waals surface area contributed by atoms with Crippen LogP contribution in [0.15, 0.2) is 29.4 Å². The van der Waals surface area contributed by atoms with Crippen molar-refractivity contribution in [2.45, 2.75) is 26.2 Å². The van der Waals surface area contributed by atoms with Gasteiger partial charge in [-0.15, -0.1) is 0 Å². The number of rotatable bonds is 2. The highest BCUT2D eigenvalue weighted by Crippen LogP contribution is 2.17. The summed E-state index contributed by atoms with van der Waals surface area (Å²) in [4.78, 5) is 0. The summed E-state index contributed by atoms with van der Waals surface area (Å²) < 4.78 is 0. The Hall–Kier alpha value is -1.51. The molecule has 1 aromatic carbocycles. The minimum atomic E-state index is 0.306. The number of hydrogen-bond donors (Lipinski definition) is 1. The molecule has 86 valence electrons. The summed E-state index contributed by atoms with van der Waals surface area (Å²) >= 11 is 0. The normalized spacial score (nSPS) is 17.6. The first-order chi connectivity index (χ1) is 7.77. The number of hydrazone groups is 1. The average molecular weight is 218 g/mol. The third-order valence-electron chi connectivity index (χ3n) is 2.92. The number of para-hydroxylation sites is 1. The SMILES string of the molecule is C/C(=N/N1CCCCC1)c1ccccc1O. The molecule has 1 saturated heterocycles. The summed E-state index contributed by atoms with van der Waals surface area (Å²) in [5.41, 5.74) is 1.72. The summed E-state index contributed by atoms with van der Waals surface area (Å²) in [5.74, 6) is 0.306. The van der Waals surface area contributed by atoms with E-state index in [0.29, 0.717) is 5.75 Å². The predicted octanol–water partition coefficient (Wildman–Crippen LogP) is 2.60. The molecular weight excluding hydrogens is 200 g/mol. The highest BCUT2D eigenvalue weighted by Gasteiger charge is 2.09. The second-order valence-electron chi connectivity index (χ2n) is 4.22. The van der Waals surface area contributed by atoms with Crippen LogP contribution in [0.2, 0.25) is 0 Å². The van der Waals surface area contributed by atoms with Gasteiger partial charge in [0.25, 0.3) is 0 Å². The first-order valence-electron chi connectivity index (χ1n) is 5.86. The lowest BCUT2D eigenvalue weighted by molar-refractivity contribution is 0.239. The molecule has 1 fully saturated rings. The van der Waals surface area contributed by atoms with Crippen molar-refractivity contribution >= 4 is 5.71 Å². The Kier molecular flexibility index (Phi) is 3.44. The molecule has 1 aliphatic rings. The monoisotopic (exact) mass is 218 g/mol. The Bertz CT molecular complexity index is 381. The van der Waals surface area contributed by atoms with Gasteiger partial charge in [0.2, 0.25) is 0 Å². The number of piperidine rings is 1. The van der Waals surface area contributed by atoms with Gasteiger partial charge >= 0.3 is 0 Å². The molecule has 2 rings (SSSR count). The highest BCUT2D eigenvalue weighted by molar-refractivity contribution is 6.00. The standard InChI is InChI=1S/C13H18N2O/c1-11(12-7-3-4-8-13(12)16)14-15-9-5-2-6-10-15/h3-4,7-8,16H,2,5-6,9-10H2,1H3/b14-11-. The Balaban J connectivity index is 2.14. The lowest BCUT2D eigenvalue weighted by Gasteiger charge is -2.24. The molecule has 3 nitrogen and oxygen atoms in total. The molecule has 0 atom stereocenters. The number of phenols is 1. The molecule has 0 aromatic heterocycles. The van der Waals surface area contributed by atoms with E-state index in [9.17, 15) is 5.11 Å². The number of nitrogens with zero attached hydrogens (tertiary/aromatic N) is 2. The maximum atomic E-state index is 9.71. The molecular formula is C13H18N2O. The van der Waals surface area contributed by atoms with Gasteiger partial charge in [-0.05, 0) is 38.3 Å². The number of phenolic OH excluding ortho intramolecular Hbond substituents is 1. The minimum absolute atomic E-state index is 0.306. The molecule has 0 radical (unpaired) electrons. The van der Waals surface area contributed by atoms with Gasteiger partial charge in [0.1, 0.15) is 5.75 Å². The topological polar surface area (TPSA) is 35.8 Å². The van der Waals surface area contributed by atoms with Crippen LogP contribution in [0, 0.1) is 0 Å². The van der Waals surface area contributed by atoms with Crippen molar-refractivity contribution in [2.75, 3.05) is 13.1 Å². The van der Waals surface area contributed by atoms with Gasteiger partial charge in [0.15, 0.2) is 0 Å². The summed E-state index contributed by atoms with van der Waals surface area (Å²) in [7, 11) is 0. The van der Waals surface area contributed by atoms with Crippen LogP contribution in [-0.2, 0) is 0 Å². The maximum Gasteiger partial charge on any atom is 0.124 e. The fourth-order valence-electron chi connectivity index (χ4n) is 2.02. The molecule has 1 N–H and O–H groups in total. The summed E-state index contributed by atoms with van der Waals surface area (Å²) in [6, 6.07) is 7.35. The molecule has 1 aliphatic heterocycles. The van der Waals surface area contributed by atoms with Gasteiger partial charge in [-0.1, -0.05) is 12.1 Å². The van der Waals surface area contributed by atoms with Crippen LogP contribution in [0.3, 0.4) is 0 Å². The van der Waals surface area contributed by atoms with Gasteiger partial charge in [-0.3, -0.25) is 5.01 Å². The molecule has 0 amide bonds. The third-order valence-corrected chi connectivity index (χ3v) is 2.92. The molecule has 3 heteroatoms. The van der Waals surface area contributed by atoms with Crippen LogP contribution in [0.1, 0.15) is 31.7 Å². The average Bonchev–Trinajstić information content (AvgIpc) is 2.31. The second kappa shape index (κ2) is 5.01. The van der Waals surface area contributed by atoms with Crippen molar-refractivity contribution in [2.24, 2.45) is 5.10 Å². The summed E-state index contributed by atoms with van der Waals surface area (Å²) in [6.45, 7) is 4.01. The van der Waals surface area contributed by atoms with Gasteiger partial charge in [0.05, 0.1) is 5.71 Å². The lowest BCUT2D eigenvalue weighted by Crippen LogP contribution is -2.25. The van der Waals surface area contributed by atoms with E-state index in [4.69, 9.17) is 0 Å². The maximum absolute atomic E-state index is 9.71. The quantitative estimate of drug-likeness (QED) is 0.774. The van der Waals surface area contributed by atoms with Crippen molar-refractivity contribution in [1.82, 2.24) is 5.01 Å². The van der Waals surface area contributed by atoms with Crippen LogP contribution < -0.4 is 0 Å². The van der Waals surface area contributed by atoms with Crippen molar-refractivity contribution in [3.8, 4) is 5.75 Å². The van der Waals surface area contributed by atoms with E-state index in [2.05, 4.69) is 10.1 Å². The number of hydrogen-bond acceptors (Lipinski definition) is 3. The molecule has 0 spiro atoms. The van der Waals surface area contributed by atoms with E-state index in [1.165, 1.54) is 19.3 Å². The molecule has 1 heterocycles. The first kappa shape index (κ1) is 11.0. The Labute approximate surface area is 96.4 Å². The van der Waals surface area contributed by atoms with Crippen molar-refractivity contribution < 1.29 is 5.11 Å². The zero-order valence-electron chi connectivity index (χ0n) is 9.69. The molecule has 1 aromatic rings.